The van der Waals surface area contributed by atoms with Crippen LogP contribution in [0.5, 0.6) is 0 Å². The van der Waals surface area contributed by atoms with Crippen LogP contribution in [0.15, 0.2) is 22.7 Å². The van der Waals surface area contributed by atoms with Gasteiger partial charge < -0.3 is 0 Å². The third kappa shape index (κ3) is 3.48. The average molecular weight is 372 g/mol. The number of aryl methyl sites for hydroxylation is 3. The first-order chi connectivity index (χ1) is 9.97. The van der Waals surface area contributed by atoms with Crippen LogP contribution in [0.3, 0.4) is 0 Å². The highest BCUT2D eigenvalue weighted by Gasteiger charge is 2.19. The SMILES string of the molecule is CCc1nn(C)c(CC(NN)c2ccc(Br)c(C)c2)c1Cl. The molecule has 1 aromatic heterocycles. The van der Waals surface area contributed by atoms with E-state index in [0.29, 0.717) is 6.42 Å². The summed E-state index contributed by atoms with van der Waals surface area (Å²) in [6, 6.07) is 6.22. The van der Waals surface area contributed by atoms with Gasteiger partial charge in [0.15, 0.2) is 0 Å². The lowest BCUT2D eigenvalue weighted by molar-refractivity contribution is 0.529. The zero-order valence-electron chi connectivity index (χ0n) is 12.5. The van der Waals surface area contributed by atoms with Gasteiger partial charge >= 0.3 is 0 Å². The highest BCUT2D eigenvalue weighted by molar-refractivity contribution is 9.10. The van der Waals surface area contributed by atoms with Crippen molar-refractivity contribution < 1.29 is 0 Å². The van der Waals surface area contributed by atoms with Gasteiger partial charge in [0.2, 0.25) is 0 Å². The molecule has 21 heavy (non-hydrogen) atoms. The van der Waals surface area contributed by atoms with E-state index in [1.165, 1.54) is 5.56 Å². The molecular weight excluding hydrogens is 352 g/mol. The fraction of sp³-hybridized carbons (Fsp3) is 0.400. The van der Waals surface area contributed by atoms with Crippen LogP contribution in [0.1, 0.15) is 35.5 Å². The van der Waals surface area contributed by atoms with E-state index in [1.54, 1.807) is 0 Å². The number of hydrogen-bond acceptors (Lipinski definition) is 3. The lowest BCUT2D eigenvalue weighted by Gasteiger charge is -2.17. The number of nitrogens with two attached hydrogens (primary N) is 1. The Morgan fingerprint density at radius 3 is 2.71 bits per heavy atom. The van der Waals surface area contributed by atoms with Gasteiger partial charge in [0.25, 0.3) is 0 Å². The maximum Gasteiger partial charge on any atom is 0.0850 e. The molecule has 0 saturated carbocycles. The van der Waals surface area contributed by atoms with E-state index in [-0.39, 0.29) is 6.04 Å². The molecular formula is C15H20BrClN4. The van der Waals surface area contributed by atoms with Crippen LogP contribution in [0, 0.1) is 6.92 Å². The number of rotatable bonds is 5. The topological polar surface area (TPSA) is 55.9 Å². The van der Waals surface area contributed by atoms with Gasteiger partial charge in [0.1, 0.15) is 0 Å². The van der Waals surface area contributed by atoms with E-state index in [2.05, 4.69) is 52.4 Å². The summed E-state index contributed by atoms with van der Waals surface area (Å²) in [5, 5.41) is 5.19. The number of hydrazine groups is 1. The molecule has 0 spiro atoms. The zero-order chi connectivity index (χ0) is 15.6. The standard InChI is InChI=1S/C15H20BrClN4/c1-4-12-15(17)14(21(3)20-12)8-13(19-18)10-5-6-11(16)9(2)7-10/h5-7,13,19H,4,8,18H2,1-3H3. The molecule has 1 heterocycles. The van der Waals surface area contributed by atoms with Crippen molar-refractivity contribution in [3.05, 3.63) is 50.2 Å². The number of nitrogens with zero attached hydrogens (tertiary/aromatic N) is 2. The van der Waals surface area contributed by atoms with Crippen LogP contribution in [-0.4, -0.2) is 9.78 Å². The maximum absolute atomic E-state index is 6.42. The number of benzene rings is 1. The smallest absolute Gasteiger partial charge is 0.0850 e. The van der Waals surface area contributed by atoms with Gasteiger partial charge in [-0.15, -0.1) is 0 Å². The Kier molecular flexibility index (Phi) is 5.43. The number of hydrogen-bond donors (Lipinski definition) is 2. The minimum atomic E-state index is -0.00518. The molecule has 1 atom stereocenters. The molecule has 0 saturated heterocycles. The predicted molar refractivity (Wildman–Crippen MR) is 90.2 cm³/mol. The summed E-state index contributed by atoms with van der Waals surface area (Å²) in [6.07, 6.45) is 1.52. The van der Waals surface area contributed by atoms with Crippen molar-refractivity contribution in [2.75, 3.05) is 0 Å². The molecule has 1 unspecified atom stereocenters. The highest BCUT2D eigenvalue weighted by Crippen LogP contribution is 2.27. The Morgan fingerprint density at radius 1 is 1.48 bits per heavy atom. The van der Waals surface area contributed by atoms with Gasteiger partial charge in [-0.2, -0.15) is 5.10 Å². The third-order valence-electron chi connectivity index (χ3n) is 3.69. The monoisotopic (exact) mass is 370 g/mol. The van der Waals surface area contributed by atoms with Crippen molar-refractivity contribution in [3.63, 3.8) is 0 Å². The summed E-state index contributed by atoms with van der Waals surface area (Å²) in [6.45, 7) is 4.11. The molecule has 114 valence electrons. The van der Waals surface area contributed by atoms with Crippen LogP contribution in [0.2, 0.25) is 5.02 Å². The van der Waals surface area contributed by atoms with E-state index < -0.39 is 0 Å². The minimum absolute atomic E-state index is 0.00518. The van der Waals surface area contributed by atoms with E-state index in [9.17, 15) is 0 Å². The molecule has 1 aromatic carbocycles. The number of halogens is 2. The van der Waals surface area contributed by atoms with Crippen molar-refractivity contribution in [1.82, 2.24) is 15.2 Å². The fourth-order valence-corrected chi connectivity index (χ4v) is 3.01. The quantitative estimate of drug-likeness (QED) is 0.625. The Balaban J connectivity index is 2.31. The molecule has 2 rings (SSSR count). The average Bonchev–Trinajstić information content (AvgIpc) is 2.74. The molecule has 0 aliphatic carbocycles. The molecule has 4 nitrogen and oxygen atoms in total. The summed E-state index contributed by atoms with van der Waals surface area (Å²) in [5.74, 6) is 5.75. The molecule has 0 bridgehead atoms. The lowest BCUT2D eigenvalue weighted by atomic mass is 10.0. The van der Waals surface area contributed by atoms with E-state index in [1.807, 2.05) is 17.8 Å². The fourth-order valence-electron chi connectivity index (χ4n) is 2.39. The van der Waals surface area contributed by atoms with Crippen molar-refractivity contribution in [3.8, 4) is 0 Å². The first kappa shape index (κ1) is 16.5. The van der Waals surface area contributed by atoms with Crippen LogP contribution in [-0.2, 0) is 19.9 Å². The Hall–Kier alpha value is -0.880. The van der Waals surface area contributed by atoms with Crippen LogP contribution in [0.25, 0.3) is 0 Å². The first-order valence-electron chi connectivity index (χ1n) is 6.90. The summed E-state index contributed by atoms with van der Waals surface area (Å²) >= 11 is 9.93. The number of aromatic nitrogens is 2. The van der Waals surface area contributed by atoms with Crippen molar-refractivity contribution in [2.45, 2.75) is 32.7 Å². The molecule has 0 amide bonds. The second-order valence-corrected chi connectivity index (χ2v) is 6.35. The summed E-state index contributed by atoms with van der Waals surface area (Å²) in [4.78, 5) is 0. The van der Waals surface area contributed by atoms with Crippen LogP contribution >= 0.6 is 27.5 Å². The molecule has 0 fully saturated rings. The van der Waals surface area contributed by atoms with E-state index >= 15 is 0 Å². The second kappa shape index (κ2) is 6.92. The van der Waals surface area contributed by atoms with Gasteiger partial charge in [0.05, 0.1) is 22.5 Å². The molecule has 0 aliphatic heterocycles. The molecule has 2 aromatic rings. The van der Waals surface area contributed by atoms with Gasteiger partial charge in [-0.05, 0) is 30.5 Å². The number of nitrogens with one attached hydrogen (secondary N) is 1. The van der Waals surface area contributed by atoms with E-state index in [4.69, 9.17) is 17.4 Å². The molecule has 0 aliphatic rings. The molecule has 0 radical (unpaired) electrons. The Bertz CT molecular complexity index is 639. The van der Waals surface area contributed by atoms with Gasteiger partial charge in [-0.3, -0.25) is 16.0 Å². The van der Waals surface area contributed by atoms with Crippen LogP contribution < -0.4 is 11.3 Å². The minimum Gasteiger partial charge on any atom is -0.271 e. The van der Waals surface area contributed by atoms with Crippen molar-refractivity contribution >= 4 is 27.5 Å². The largest absolute Gasteiger partial charge is 0.271 e. The summed E-state index contributed by atoms with van der Waals surface area (Å²) in [5.41, 5.74) is 7.12. The van der Waals surface area contributed by atoms with E-state index in [0.717, 1.165) is 32.9 Å². The third-order valence-corrected chi connectivity index (χ3v) is 5.01. The first-order valence-corrected chi connectivity index (χ1v) is 8.07. The highest BCUT2D eigenvalue weighted by atomic mass is 79.9. The van der Waals surface area contributed by atoms with Gasteiger partial charge in [-0.25, -0.2) is 0 Å². The second-order valence-electron chi connectivity index (χ2n) is 5.12. The van der Waals surface area contributed by atoms with Crippen molar-refractivity contribution in [2.24, 2.45) is 12.9 Å². The normalized spacial score (nSPS) is 12.7. The summed E-state index contributed by atoms with van der Waals surface area (Å²) < 4.78 is 2.94. The van der Waals surface area contributed by atoms with Gasteiger partial charge in [-0.1, -0.05) is 46.6 Å². The van der Waals surface area contributed by atoms with Crippen LogP contribution in [0.4, 0.5) is 0 Å². The summed E-state index contributed by atoms with van der Waals surface area (Å²) in [7, 11) is 1.92. The molecule has 3 N–H and O–H groups in total. The maximum atomic E-state index is 6.42. The van der Waals surface area contributed by atoms with Crippen molar-refractivity contribution in [1.29, 1.82) is 0 Å². The lowest BCUT2D eigenvalue weighted by Crippen LogP contribution is -2.30. The van der Waals surface area contributed by atoms with Gasteiger partial charge in [0, 0.05) is 17.9 Å². The Morgan fingerprint density at radius 2 is 2.19 bits per heavy atom. The Labute approximate surface area is 138 Å². The zero-order valence-corrected chi connectivity index (χ0v) is 14.8. The molecule has 6 heteroatoms. The predicted octanol–water partition coefficient (Wildman–Crippen LogP) is 3.45.